The molecule has 1 aromatic rings. The number of amides is 1. The molecule has 4 rings (SSSR count). The molecular formula is C17H24N2O4S2. The molecule has 0 aromatic carbocycles. The van der Waals surface area contributed by atoms with E-state index >= 15 is 0 Å². The summed E-state index contributed by atoms with van der Waals surface area (Å²) in [4.78, 5) is 12.3. The largest absolute Gasteiger partial charge is 0.377 e. The molecule has 8 heteroatoms. The molecule has 1 amide bonds. The van der Waals surface area contributed by atoms with Crippen molar-refractivity contribution in [3.63, 3.8) is 0 Å². The summed E-state index contributed by atoms with van der Waals surface area (Å²) in [5.74, 6) is -0.00416. The minimum Gasteiger partial charge on any atom is -0.377 e. The maximum atomic E-state index is 12.9. The van der Waals surface area contributed by atoms with E-state index in [1.54, 1.807) is 4.31 Å². The first-order chi connectivity index (χ1) is 11.9. The van der Waals surface area contributed by atoms with Gasteiger partial charge in [-0.2, -0.15) is 4.31 Å². The second-order valence-corrected chi connectivity index (χ2v) is 10.4. The lowest BCUT2D eigenvalue weighted by molar-refractivity contribution is -0.137. The Kier molecular flexibility index (Phi) is 4.64. The fourth-order valence-electron chi connectivity index (χ4n) is 3.78. The van der Waals surface area contributed by atoms with Gasteiger partial charge in [-0.05, 0) is 55.5 Å². The van der Waals surface area contributed by atoms with Crippen molar-refractivity contribution >= 4 is 27.3 Å². The van der Waals surface area contributed by atoms with Crippen molar-refractivity contribution in [1.82, 2.24) is 9.62 Å². The lowest BCUT2D eigenvalue weighted by Crippen LogP contribution is -2.51. The van der Waals surface area contributed by atoms with Crippen LogP contribution in [0.3, 0.4) is 0 Å². The van der Waals surface area contributed by atoms with Gasteiger partial charge in [0.15, 0.2) is 0 Å². The van der Waals surface area contributed by atoms with Crippen molar-refractivity contribution in [3.05, 3.63) is 17.0 Å². The van der Waals surface area contributed by atoms with E-state index in [1.165, 1.54) is 11.3 Å². The quantitative estimate of drug-likeness (QED) is 0.858. The van der Waals surface area contributed by atoms with Gasteiger partial charge < -0.3 is 10.1 Å². The van der Waals surface area contributed by atoms with E-state index in [1.807, 2.05) is 18.4 Å². The number of carbonyl (C=O) groups excluding carboxylic acids is 1. The van der Waals surface area contributed by atoms with Crippen molar-refractivity contribution in [2.45, 2.75) is 49.0 Å². The molecule has 3 heterocycles. The zero-order chi connectivity index (χ0) is 17.6. The number of piperidine rings is 1. The minimum absolute atomic E-state index is 0.0648. The van der Waals surface area contributed by atoms with Crippen LogP contribution in [0.25, 0.3) is 0 Å². The Morgan fingerprint density at radius 2 is 2.16 bits per heavy atom. The Hall–Kier alpha value is -0.960. The number of thiophene rings is 1. The van der Waals surface area contributed by atoms with Crippen LogP contribution < -0.4 is 5.32 Å². The molecule has 1 N–H and O–H groups in total. The Morgan fingerprint density at radius 1 is 1.36 bits per heavy atom. The van der Waals surface area contributed by atoms with Crippen LogP contribution >= 0.6 is 11.3 Å². The predicted molar refractivity (Wildman–Crippen MR) is 94.9 cm³/mol. The van der Waals surface area contributed by atoms with Gasteiger partial charge in [0.1, 0.15) is 4.21 Å². The number of ether oxygens (including phenoxy) is 1. The van der Waals surface area contributed by atoms with Crippen LogP contribution in [0.15, 0.2) is 15.7 Å². The summed E-state index contributed by atoms with van der Waals surface area (Å²) < 4.78 is 33.8. The average molecular weight is 385 g/mol. The molecule has 1 saturated carbocycles. The SMILES string of the molecule is Cc1ccsc1S(=O)(=O)N1CC[C@H]2OC[C@@H](C(=O)NC3CC3)C[C@H]2C1. The zero-order valence-electron chi connectivity index (χ0n) is 14.3. The number of hydrogen-bond acceptors (Lipinski definition) is 5. The lowest BCUT2D eigenvalue weighted by Gasteiger charge is -2.42. The monoisotopic (exact) mass is 384 g/mol. The highest BCUT2D eigenvalue weighted by Crippen LogP contribution is 2.35. The normalized spacial score (nSPS) is 30.7. The van der Waals surface area contributed by atoms with Crippen LogP contribution in [0.5, 0.6) is 0 Å². The van der Waals surface area contributed by atoms with Gasteiger partial charge in [0.2, 0.25) is 5.91 Å². The number of rotatable bonds is 4. The molecule has 3 fully saturated rings. The molecule has 3 atom stereocenters. The van der Waals surface area contributed by atoms with Gasteiger partial charge in [-0.15, -0.1) is 11.3 Å². The van der Waals surface area contributed by atoms with E-state index in [4.69, 9.17) is 4.74 Å². The third-order valence-corrected chi connectivity index (χ3v) is 8.94. The minimum atomic E-state index is -3.45. The first-order valence-electron chi connectivity index (χ1n) is 8.91. The van der Waals surface area contributed by atoms with E-state index < -0.39 is 10.0 Å². The van der Waals surface area contributed by atoms with E-state index in [2.05, 4.69) is 5.32 Å². The molecular weight excluding hydrogens is 360 g/mol. The average Bonchev–Trinajstić information content (AvgIpc) is 3.30. The van der Waals surface area contributed by atoms with Gasteiger partial charge in [0.25, 0.3) is 10.0 Å². The summed E-state index contributed by atoms with van der Waals surface area (Å²) in [6.07, 6.45) is 3.61. The second kappa shape index (κ2) is 6.64. The number of fused-ring (bicyclic) bond motifs is 1. The summed E-state index contributed by atoms with van der Waals surface area (Å²) in [5.41, 5.74) is 0.800. The standard InChI is InChI=1S/C17H24N2O4S2/c1-11-5-7-24-17(11)25(21,22)19-6-4-15-12(9-19)8-13(10-23-15)16(20)18-14-2-3-14/h5,7,12-15H,2-4,6,8-10H2,1H3,(H,18,20)/t12-,13-,15+/m0/s1. The van der Waals surface area contributed by atoms with Crippen LogP contribution in [0.1, 0.15) is 31.2 Å². The van der Waals surface area contributed by atoms with Crippen molar-refractivity contribution in [1.29, 1.82) is 0 Å². The number of nitrogens with zero attached hydrogens (tertiary/aromatic N) is 1. The molecule has 1 aliphatic carbocycles. The Balaban J connectivity index is 1.45. The smallest absolute Gasteiger partial charge is 0.252 e. The number of nitrogens with one attached hydrogen (secondary N) is 1. The molecule has 0 spiro atoms. The van der Waals surface area contributed by atoms with E-state index in [0.29, 0.717) is 42.8 Å². The highest BCUT2D eigenvalue weighted by Gasteiger charge is 2.42. The Bertz CT molecular complexity index is 756. The van der Waals surface area contributed by atoms with Gasteiger partial charge in [-0.3, -0.25) is 4.79 Å². The van der Waals surface area contributed by atoms with Gasteiger partial charge in [-0.25, -0.2) is 8.42 Å². The summed E-state index contributed by atoms with van der Waals surface area (Å²) in [7, 11) is -3.45. The molecule has 25 heavy (non-hydrogen) atoms. The highest BCUT2D eigenvalue weighted by molar-refractivity contribution is 7.91. The second-order valence-electron chi connectivity index (χ2n) is 7.39. The zero-order valence-corrected chi connectivity index (χ0v) is 15.9. The molecule has 2 saturated heterocycles. The maximum Gasteiger partial charge on any atom is 0.252 e. The van der Waals surface area contributed by atoms with Crippen molar-refractivity contribution < 1.29 is 17.9 Å². The fourth-order valence-corrected chi connectivity index (χ4v) is 6.85. The summed E-state index contributed by atoms with van der Waals surface area (Å²) in [6, 6.07) is 2.18. The Morgan fingerprint density at radius 3 is 2.84 bits per heavy atom. The van der Waals surface area contributed by atoms with Crippen molar-refractivity contribution in [2.24, 2.45) is 11.8 Å². The molecule has 0 bridgehead atoms. The van der Waals surface area contributed by atoms with Crippen LogP contribution in [0.4, 0.5) is 0 Å². The number of sulfonamides is 1. The third kappa shape index (κ3) is 3.49. The fraction of sp³-hybridized carbons (Fsp3) is 0.706. The third-order valence-electron chi connectivity index (χ3n) is 5.41. The van der Waals surface area contributed by atoms with Gasteiger partial charge >= 0.3 is 0 Å². The lowest BCUT2D eigenvalue weighted by atomic mass is 9.84. The van der Waals surface area contributed by atoms with Crippen molar-refractivity contribution in [2.75, 3.05) is 19.7 Å². The van der Waals surface area contributed by atoms with Gasteiger partial charge in [-0.1, -0.05) is 0 Å². The first-order valence-corrected chi connectivity index (χ1v) is 11.2. The van der Waals surface area contributed by atoms with Crippen LogP contribution in [-0.4, -0.2) is 50.5 Å². The van der Waals surface area contributed by atoms with Crippen LogP contribution in [0, 0.1) is 18.8 Å². The van der Waals surface area contributed by atoms with E-state index in [-0.39, 0.29) is 23.8 Å². The molecule has 2 aliphatic heterocycles. The predicted octanol–water partition coefficient (Wildman–Crippen LogP) is 1.75. The van der Waals surface area contributed by atoms with Crippen molar-refractivity contribution in [3.8, 4) is 0 Å². The number of carbonyl (C=O) groups is 1. The van der Waals surface area contributed by atoms with Crippen LogP contribution in [0.2, 0.25) is 0 Å². The molecule has 0 radical (unpaired) electrons. The molecule has 0 unspecified atom stereocenters. The summed E-state index contributed by atoms with van der Waals surface area (Å²) in [5, 5.41) is 4.86. The van der Waals surface area contributed by atoms with E-state index in [0.717, 1.165) is 18.4 Å². The molecule has 138 valence electrons. The first kappa shape index (κ1) is 17.5. The molecule has 1 aromatic heterocycles. The summed E-state index contributed by atoms with van der Waals surface area (Å²) >= 11 is 1.27. The topological polar surface area (TPSA) is 75.7 Å². The molecule has 6 nitrogen and oxygen atoms in total. The van der Waals surface area contributed by atoms with Crippen LogP contribution in [-0.2, 0) is 19.6 Å². The number of aryl methyl sites for hydroxylation is 1. The molecule has 3 aliphatic rings. The maximum absolute atomic E-state index is 12.9. The number of hydrogen-bond donors (Lipinski definition) is 1. The Labute approximate surface area is 152 Å². The highest BCUT2D eigenvalue weighted by atomic mass is 32.2. The van der Waals surface area contributed by atoms with E-state index in [9.17, 15) is 13.2 Å². The summed E-state index contributed by atoms with van der Waals surface area (Å²) in [6.45, 7) is 3.21. The van der Waals surface area contributed by atoms with Gasteiger partial charge in [0.05, 0.1) is 18.6 Å². The van der Waals surface area contributed by atoms with Gasteiger partial charge in [0, 0.05) is 19.1 Å².